The van der Waals surface area contributed by atoms with Crippen LogP contribution in [0.4, 0.5) is 11.4 Å². The molecule has 6 nitrogen and oxygen atoms in total. The Morgan fingerprint density at radius 3 is 2.56 bits per heavy atom. The minimum atomic E-state index is 0.00326. The predicted octanol–water partition coefficient (Wildman–Crippen LogP) is 3.26. The summed E-state index contributed by atoms with van der Waals surface area (Å²) in [5.41, 5.74) is 2.62. The highest BCUT2D eigenvalue weighted by molar-refractivity contribution is 5.93. The van der Waals surface area contributed by atoms with Gasteiger partial charge in [-0.2, -0.15) is 0 Å². The highest BCUT2D eigenvalue weighted by Gasteiger charge is 2.23. The molecule has 3 rings (SSSR count). The average Bonchev–Trinajstić information content (AvgIpc) is 2.74. The van der Waals surface area contributed by atoms with Crippen LogP contribution in [-0.2, 0) is 0 Å². The Hall–Kier alpha value is -2.76. The van der Waals surface area contributed by atoms with E-state index in [1.165, 1.54) is 0 Å². The fourth-order valence-corrected chi connectivity index (χ4v) is 3.19. The molecule has 6 heteroatoms. The smallest absolute Gasteiger partial charge is 0.272 e. The van der Waals surface area contributed by atoms with Crippen molar-refractivity contribution in [3.63, 3.8) is 0 Å². The largest absolute Gasteiger partial charge is 0.497 e. The van der Waals surface area contributed by atoms with E-state index in [-0.39, 0.29) is 5.91 Å². The first-order valence-corrected chi connectivity index (χ1v) is 9.59. The number of ether oxygens (including phenoxy) is 1. The van der Waals surface area contributed by atoms with Gasteiger partial charge in [-0.3, -0.25) is 9.78 Å². The van der Waals surface area contributed by atoms with E-state index in [2.05, 4.69) is 34.3 Å². The van der Waals surface area contributed by atoms with Crippen molar-refractivity contribution in [3.8, 4) is 5.75 Å². The Kier molecular flexibility index (Phi) is 6.52. The molecule has 1 aromatic heterocycles. The molecule has 0 spiro atoms. The minimum absolute atomic E-state index is 0.00326. The van der Waals surface area contributed by atoms with Gasteiger partial charge in [-0.05, 0) is 42.8 Å². The van der Waals surface area contributed by atoms with Gasteiger partial charge in [0.25, 0.3) is 5.91 Å². The Labute approximate surface area is 161 Å². The average molecular weight is 368 g/mol. The van der Waals surface area contributed by atoms with Gasteiger partial charge in [0, 0.05) is 50.3 Å². The van der Waals surface area contributed by atoms with Crippen molar-refractivity contribution in [2.45, 2.75) is 19.8 Å². The van der Waals surface area contributed by atoms with Crippen LogP contribution in [0, 0.1) is 0 Å². The summed E-state index contributed by atoms with van der Waals surface area (Å²) in [6, 6.07) is 11.8. The Morgan fingerprint density at radius 1 is 1.15 bits per heavy atom. The molecule has 0 atom stereocenters. The molecule has 0 unspecified atom stereocenters. The van der Waals surface area contributed by atoms with Gasteiger partial charge >= 0.3 is 0 Å². The molecule has 1 fully saturated rings. The molecule has 1 aliphatic rings. The van der Waals surface area contributed by atoms with Gasteiger partial charge in [0.2, 0.25) is 0 Å². The molecule has 1 saturated heterocycles. The van der Waals surface area contributed by atoms with Gasteiger partial charge < -0.3 is 19.9 Å². The van der Waals surface area contributed by atoms with Crippen LogP contribution in [0.3, 0.4) is 0 Å². The fraction of sp³-hybridized carbons (Fsp3) is 0.429. The first-order chi connectivity index (χ1) is 13.2. The third kappa shape index (κ3) is 4.90. The Balaban J connectivity index is 1.57. The maximum Gasteiger partial charge on any atom is 0.272 e. The molecule has 0 aliphatic carbocycles. The highest BCUT2D eigenvalue weighted by atomic mass is 16.5. The SMILES string of the molecule is CCCCNc1ccnc(C(=O)N2CCN(c3ccc(OC)cc3)CC2)c1. The van der Waals surface area contributed by atoms with E-state index in [4.69, 9.17) is 4.74 Å². The number of carbonyl (C=O) groups is 1. The third-order valence-corrected chi connectivity index (χ3v) is 4.84. The number of benzene rings is 1. The number of carbonyl (C=O) groups excluding carboxylic acids is 1. The number of nitrogens with zero attached hydrogens (tertiary/aromatic N) is 3. The Morgan fingerprint density at radius 2 is 1.89 bits per heavy atom. The maximum absolute atomic E-state index is 12.8. The number of nitrogens with one attached hydrogen (secondary N) is 1. The summed E-state index contributed by atoms with van der Waals surface area (Å²) in [6.07, 6.45) is 3.95. The van der Waals surface area contributed by atoms with Crippen molar-refractivity contribution in [1.82, 2.24) is 9.88 Å². The summed E-state index contributed by atoms with van der Waals surface area (Å²) in [5, 5.41) is 3.35. The molecule has 2 heterocycles. The van der Waals surface area contributed by atoms with E-state index in [9.17, 15) is 4.79 Å². The summed E-state index contributed by atoms with van der Waals surface area (Å²) in [7, 11) is 1.67. The number of hydrogen-bond donors (Lipinski definition) is 1. The lowest BCUT2D eigenvalue weighted by Crippen LogP contribution is -2.49. The summed E-state index contributed by atoms with van der Waals surface area (Å²) >= 11 is 0. The van der Waals surface area contributed by atoms with Crippen molar-refractivity contribution in [2.75, 3.05) is 50.1 Å². The number of pyridine rings is 1. The monoisotopic (exact) mass is 368 g/mol. The topological polar surface area (TPSA) is 57.7 Å². The normalized spacial score (nSPS) is 14.1. The molecule has 0 saturated carbocycles. The molecule has 1 aliphatic heterocycles. The summed E-state index contributed by atoms with van der Waals surface area (Å²) in [5.74, 6) is 0.856. The van der Waals surface area contributed by atoms with Crippen LogP contribution in [0.2, 0.25) is 0 Å². The van der Waals surface area contributed by atoms with Crippen LogP contribution in [0.15, 0.2) is 42.6 Å². The maximum atomic E-state index is 12.8. The van der Waals surface area contributed by atoms with Gasteiger partial charge in [0.15, 0.2) is 0 Å². The zero-order chi connectivity index (χ0) is 19.1. The lowest BCUT2D eigenvalue weighted by atomic mass is 10.2. The highest BCUT2D eigenvalue weighted by Crippen LogP contribution is 2.21. The van der Waals surface area contributed by atoms with Gasteiger partial charge in [-0.15, -0.1) is 0 Å². The standard InChI is InChI=1S/C21H28N4O2/c1-3-4-10-22-17-9-11-23-20(16-17)21(26)25-14-12-24(13-15-25)18-5-7-19(27-2)8-6-18/h5-9,11,16H,3-4,10,12-15H2,1-2H3,(H,22,23). The number of aromatic nitrogens is 1. The first kappa shape index (κ1) is 19.0. The van der Waals surface area contributed by atoms with Crippen LogP contribution >= 0.6 is 0 Å². The lowest BCUT2D eigenvalue weighted by molar-refractivity contribution is 0.0741. The molecular formula is C21H28N4O2. The molecule has 0 bridgehead atoms. The van der Waals surface area contributed by atoms with Crippen molar-refractivity contribution in [3.05, 3.63) is 48.3 Å². The number of piperazine rings is 1. The van der Waals surface area contributed by atoms with Gasteiger partial charge in [-0.25, -0.2) is 0 Å². The number of amides is 1. The lowest BCUT2D eigenvalue weighted by Gasteiger charge is -2.36. The second-order valence-corrected chi connectivity index (χ2v) is 6.69. The zero-order valence-corrected chi connectivity index (χ0v) is 16.1. The van der Waals surface area contributed by atoms with E-state index in [0.29, 0.717) is 18.8 Å². The zero-order valence-electron chi connectivity index (χ0n) is 16.1. The third-order valence-electron chi connectivity index (χ3n) is 4.84. The quantitative estimate of drug-likeness (QED) is 0.760. The number of methoxy groups -OCH3 is 1. The van der Waals surface area contributed by atoms with Crippen LogP contribution in [-0.4, -0.2) is 55.6 Å². The van der Waals surface area contributed by atoms with Crippen LogP contribution in [0.1, 0.15) is 30.3 Å². The van der Waals surface area contributed by atoms with Crippen LogP contribution in [0.5, 0.6) is 5.75 Å². The summed E-state index contributed by atoms with van der Waals surface area (Å²) in [6.45, 7) is 6.09. The van der Waals surface area contributed by atoms with Gasteiger partial charge in [-0.1, -0.05) is 13.3 Å². The predicted molar refractivity (Wildman–Crippen MR) is 109 cm³/mol. The molecule has 1 amide bonds. The van der Waals surface area contributed by atoms with E-state index in [1.807, 2.05) is 29.2 Å². The van der Waals surface area contributed by atoms with E-state index >= 15 is 0 Å². The van der Waals surface area contributed by atoms with Crippen LogP contribution < -0.4 is 15.0 Å². The van der Waals surface area contributed by atoms with Crippen molar-refractivity contribution < 1.29 is 9.53 Å². The Bertz CT molecular complexity index is 740. The van der Waals surface area contributed by atoms with E-state index < -0.39 is 0 Å². The summed E-state index contributed by atoms with van der Waals surface area (Å²) in [4.78, 5) is 21.3. The fourth-order valence-electron chi connectivity index (χ4n) is 3.19. The number of hydrogen-bond acceptors (Lipinski definition) is 5. The van der Waals surface area contributed by atoms with Crippen molar-refractivity contribution in [1.29, 1.82) is 0 Å². The van der Waals surface area contributed by atoms with Gasteiger partial charge in [0.1, 0.15) is 11.4 Å². The number of anilines is 2. The van der Waals surface area contributed by atoms with Crippen molar-refractivity contribution >= 4 is 17.3 Å². The molecule has 1 aromatic carbocycles. The van der Waals surface area contributed by atoms with E-state index in [1.54, 1.807) is 13.3 Å². The van der Waals surface area contributed by atoms with Gasteiger partial charge in [0.05, 0.1) is 7.11 Å². The molecule has 2 aromatic rings. The second-order valence-electron chi connectivity index (χ2n) is 6.69. The first-order valence-electron chi connectivity index (χ1n) is 9.59. The van der Waals surface area contributed by atoms with Crippen molar-refractivity contribution in [2.24, 2.45) is 0 Å². The molecule has 0 radical (unpaired) electrons. The second kappa shape index (κ2) is 9.26. The minimum Gasteiger partial charge on any atom is -0.497 e. The number of unbranched alkanes of at least 4 members (excludes halogenated alkanes) is 1. The van der Waals surface area contributed by atoms with Crippen LogP contribution in [0.25, 0.3) is 0 Å². The summed E-state index contributed by atoms with van der Waals surface area (Å²) < 4.78 is 5.21. The van der Waals surface area contributed by atoms with E-state index in [0.717, 1.165) is 49.6 Å². The molecular weight excluding hydrogens is 340 g/mol. The number of rotatable bonds is 7. The molecule has 27 heavy (non-hydrogen) atoms. The molecule has 144 valence electrons. The molecule has 1 N–H and O–H groups in total.